The van der Waals surface area contributed by atoms with Crippen molar-refractivity contribution in [3.63, 3.8) is 0 Å². The first-order chi connectivity index (χ1) is 10.5. The van der Waals surface area contributed by atoms with Gasteiger partial charge in [-0.2, -0.15) is 0 Å². The molecular formula is C18H28N2O2. The minimum absolute atomic E-state index is 0.149. The maximum absolute atomic E-state index is 13.1. The lowest BCUT2D eigenvalue weighted by Gasteiger charge is -2.38. The molecule has 1 amide bonds. The lowest BCUT2D eigenvalue weighted by molar-refractivity contribution is -0.144. The molecule has 1 aliphatic rings. The van der Waals surface area contributed by atoms with Crippen molar-refractivity contribution < 1.29 is 9.90 Å². The molecule has 0 radical (unpaired) electrons. The zero-order valence-electron chi connectivity index (χ0n) is 13.7. The summed E-state index contributed by atoms with van der Waals surface area (Å²) < 4.78 is 0. The first kappa shape index (κ1) is 17.0. The largest absolute Gasteiger partial charge is 0.391 e. The van der Waals surface area contributed by atoms with E-state index in [4.69, 9.17) is 0 Å². The molecule has 4 heteroatoms. The Morgan fingerprint density at radius 2 is 2.14 bits per heavy atom. The van der Waals surface area contributed by atoms with E-state index >= 15 is 0 Å². The van der Waals surface area contributed by atoms with Gasteiger partial charge in [0.05, 0.1) is 11.5 Å². The van der Waals surface area contributed by atoms with Gasteiger partial charge in [0.1, 0.15) is 0 Å². The molecule has 22 heavy (non-hydrogen) atoms. The summed E-state index contributed by atoms with van der Waals surface area (Å²) >= 11 is 0. The fourth-order valence-electron chi connectivity index (χ4n) is 3.03. The van der Waals surface area contributed by atoms with Gasteiger partial charge in [-0.3, -0.25) is 4.79 Å². The maximum atomic E-state index is 13.1. The van der Waals surface area contributed by atoms with Crippen LogP contribution in [0.4, 0.5) is 0 Å². The quantitative estimate of drug-likeness (QED) is 0.847. The highest BCUT2D eigenvalue weighted by molar-refractivity contribution is 5.82. The van der Waals surface area contributed by atoms with Gasteiger partial charge < -0.3 is 15.3 Å². The average Bonchev–Trinajstić information content (AvgIpc) is 2.55. The molecule has 0 aliphatic carbocycles. The molecule has 1 aromatic carbocycles. The van der Waals surface area contributed by atoms with Gasteiger partial charge in [0.15, 0.2) is 0 Å². The summed E-state index contributed by atoms with van der Waals surface area (Å²) in [5.41, 5.74) is 0.743. The third-order valence-corrected chi connectivity index (χ3v) is 4.52. The van der Waals surface area contributed by atoms with Crippen LogP contribution in [0.15, 0.2) is 30.3 Å². The fraction of sp³-hybridized carbons (Fsp3) is 0.611. The van der Waals surface area contributed by atoms with E-state index in [1.54, 1.807) is 0 Å². The molecule has 1 aromatic rings. The second-order valence-corrected chi connectivity index (χ2v) is 6.57. The number of hydrogen-bond acceptors (Lipinski definition) is 3. The monoisotopic (exact) mass is 304 g/mol. The number of amides is 1. The summed E-state index contributed by atoms with van der Waals surface area (Å²) in [7, 11) is 0. The summed E-state index contributed by atoms with van der Waals surface area (Å²) in [5.74, 6) is 0.149. The Morgan fingerprint density at radius 3 is 2.73 bits per heavy atom. The van der Waals surface area contributed by atoms with Gasteiger partial charge in [-0.15, -0.1) is 0 Å². The van der Waals surface area contributed by atoms with Crippen LogP contribution in [0, 0.1) is 5.41 Å². The standard InChI is InChI=1S/C18H28N2O2/c1-3-16(21)13-20(12-15-8-5-4-6-9-15)17(22)18(2)10-7-11-19-14-18/h4-6,8-9,16,19,21H,3,7,10-14H2,1-2H3/t16-,18-/m0/s1. The molecular weight excluding hydrogens is 276 g/mol. The molecule has 122 valence electrons. The number of carbonyl (C=O) groups is 1. The molecule has 2 atom stereocenters. The van der Waals surface area contributed by atoms with Crippen LogP contribution in [0.5, 0.6) is 0 Å². The predicted octanol–water partition coefficient (Wildman–Crippen LogP) is 2.18. The number of rotatable bonds is 6. The number of benzene rings is 1. The van der Waals surface area contributed by atoms with Crippen LogP contribution in [0.1, 0.15) is 38.7 Å². The Kier molecular flexibility index (Phi) is 5.98. The van der Waals surface area contributed by atoms with Gasteiger partial charge in [0.25, 0.3) is 0 Å². The second kappa shape index (κ2) is 7.75. The van der Waals surface area contributed by atoms with Crippen molar-refractivity contribution >= 4 is 5.91 Å². The highest BCUT2D eigenvalue weighted by atomic mass is 16.3. The van der Waals surface area contributed by atoms with Gasteiger partial charge in [-0.05, 0) is 38.3 Å². The zero-order valence-corrected chi connectivity index (χ0v) is 13.7. The Morgan fingerprint density at radius 1 is 1.41 bits per heavy atom. The van der Waals surface area contributed by atoms with E-state index in [-0.39, 0.29) is 11.3 Å². The number of carbonyl (C=O) groups excluding carboxylic acids is 1. The first-order valence-electron chi connectivity index (χ1n) is 8.27. The molecule has 1 heterocycles. The Labute approximate surface area is 133 Å². The smallest absolute Gasteiger partial charge is 0.230 e. The molecule has 0 saturated carbocycles. The third kappa shape index (κ3) is 4.31. The van der Waals surface area contributed by atoms with Crippen LogP contribution in [-0.4, -0.2) is 41.7 Å². The number of nitrogens with zero attached hydrogens (tertiary/aromatic N) is 1. The lowest BCUT2D eigenvalue weighted by Crippen LogP contribution is -2.51. The van der Waals surface area contributed by atoms with Crippen molar-refractivity contribution in [3.8, 4) is 0 Å². The zero-order chi connectivity index (χ0) is 16.0. The molecule has 2 N–H and O–H groups in total. The van der Waals surface area contributed by atoms with E-state index in [0.717, 1.165) is 31.5 Å². The van der Waals surface area contributed by atoms with Gasteiger partial charge in [0, 0.05) is 19.6 Å². The van der Waals surface area contributed by atoms with Crippen molar-refractivity contribution in [3.05, 3.63) is 35.9 Å². The van der Waals surface area contributed by atoms with E-state index in [1.165, 1.54) is 0 Å². The number of hydrogen-bond donors (Lipinski definition) is 2. The molecule has 0 spiro atoms. The summed E-state index contributed by atoms with van der Waals surface area (Å²) in [6, 6.07) is 10.00. The van der Waals surface area contributed by atoms with Gasteiger partial charge in [-0.25, -0.2) is 0 Å². The molecule has 4 nitrogen and oxygen atoms in total. The SMILES string of the molecule is CC[C@H](O)CN(Cc1ccccc1)C(=O)[C@@]1(C)CCCNC1. The van der Waals surface area contributed by atoms with Crippen LogP contribution < -0.4 is 5.32 Å². The number of piperidine rings is 1. The fourth-order valence-corrected chi connectivity index (χ4v) is 3.03. The van der Waals surface area contributed by atoms with Gasteiger partial charge in [-0.1, -0.05) is 37.3 Å². The van der Waals surface area contributed by atoms with Crippen LogP contribution in [-0.2, 0) is 11.3 Å². The molecule has 1 fully saturated rings. The molecule has 1 aliphatic heterocycles. The Bertz CT molecular complexity index is 469. The topological polar surface area (TPSA) is 52.6 Å². The number of aliphatic hydroxyl groups excluding tert-OH is 1. The first-order valence-corrected chi connectivity index (χ1v) is 8.27. The molecule has 0 unspecified atom stereocenters. The molecule has 1 saturated heterocycles. The minimum Gasteiger partial charge on any atom is -0.391 e. The molecule has 2 rings (SSSR count). The van der Waals surface area contributed by atoms with E-state index in [2.05, 4.69) is 5.32 Å². The maximum Gasteiger partial charge on any atom is 0.230 e. The van der Waals surface area contributed by atoms with Crippen molar-refractivity contribution in [1.82, 2.24) is 10.2 Å². The third-order valence-electron chi connectivity index (χ3n) is 4.52. The van der Waals surface area contributed by atoms with E-state index in [1.807, 2.05) is 49.1 Å². The van der Waals surface area contributed by atoms with Crippen molar-refractivity contribution in [1.29, 1.82) is 0 Å². The Hall–Kier alpha value is -1.39. The normalized spacial score (nSPS) is 23.0. The lowest BCUT2D eigenvalue weighted by atomic mass is 9.81. The summed E-state index contributed by atoms with van der Waals surface area (Å²) in [5, 5.41) is 13.4. The summed E-state index contributed by atoms with van der Waals surface area (Å²) in [4.78, 5) is 14.9. The van der Waals surface area contributed by atoms with Crippen LogP contribution in [0.3, 0.4) is 0 Å². The minimum atomic E-state index is -0.465. The Balaban J connectivity index is 2.13. The number of nitrogens with one attached hydrogen (secondary N) is 1. The van der Waals surface area contributed by atoms with Crippen molar-refractivity contribution in [2.24, 2.45) is 5.41 Å². The van der Waals surface area contributed by atoms with E-state index in [0.29, 0.717) is 19.5 Å². The van der Waals surface area contributed by atoms with Crippen LogP contribution >= 0.6 is 0 Å². The van der Waals surface area contributed by atoms with Crippen molar-refractivity contribution in [2.45, 2.75) is 45.8 Å². The molecule has 0 aromatic heterocycles. The van der Waals surface area contributed by atoms with Gasteiger partial charge >= 0.3 is 0 Å². The average molecular weight is 304 g/mol. The van der Waals surface area contributed by atoms with E-state index in [9.17, 15) is 9.90 Å². The highest BCUT2D eigenvalue weighted by Crippen LogP contribution is 2.29. The van der Waals surface area contributed by atoms with Gasteiger partial charge in [0.2, 0.25) is 5.91 Å². The van der Waals surface area contributed by atoms with Crippen LogP contribution in [0.2, 0.25) is 0 Å². The summed E-state index contributed by atoms with van der Waals surface area (Å²) in [6.07, 6.45) is 2.13. The second-order valence-electron chi connectivity index (χ2n) is 6.57. The van der Waals surface area contributed by atoms with E-state index < -0.39 is 6.10 Å². The van der Waals surface area contributed by atoms with Crippen molar-refractivity contribution in [2.75, 3.05) is 19.6 Å². The molecule has 0 bridgehead atoms. The van der Waals surface area contributed by atoms with Crippen LogP contribution in [0.25, 0.3) is 0 Å². The highest BCUT2D eigenvalue weighted by Gasteiger charge is 2.38. The predicted molar refractivity (Wildman–Crippen MR) is 88.4 cm³/mol. The number of aliphatic hydroxyl groups is 1. The summed E-state index contributed by atoms with van der Waals surface area (Å²) in [6.45, 7) is 6.65.